The van der Waals surface area contributed by atoms with E-state index in [0.717, 1.165) is 6.42 Å². The summed E-state index contributed by atoms with van der Waals surface area (Å²) < 4.78 is 11.0. The number of carbonyl (C=O) groups is 1. The molecule has 0 bridgehead atoms. The Morgan fingerprint density at radius 1 is 1.21 bits per heavy atom. The van der Waals surface area contributed by atoms with Crippen LogP contribution in [0.2, 0.25) is 5.02 Å². The number of hydrogen-bond donors (Lipinski definition) is 1. The van der Waals surface area contributed by atoms with E-state index in [1.165, 1.54) is 7.11 Å². The van der Waals surface area contributed by atoms with E-state index >= 15 is 0 Å². The van der Waals surface area contributed by atoms with Crippen molar-refractivity contribution in [3.8, 4) is 11.5 Å². The van der Waals surface area contributed by atoms with E-state index in [9.17, 15) is 9.90 Å². The van der Waals surface area contributed by atoms with E-state index in [2.05, 4.69) is 0 Å². The Hall–Kier alpha value is -2.46. The molecule has 0 heterocycles. The normalized spacial score (nSPS) is 11.2. The van der Waals surface area contributed by atoms with Crippen LogP contribution in [0.5, 0.6) is 11.5 Å². The molecule has 0 radical (unpaired) electrons. The number of carboxylic acid groups (broad SMARTS) is 1. The lowest BCUT2D eigenvalue weighted by atomic mass is 10.0. The highest BCUT2D eigenvalue weighted by atomic mass is 35.5. The van der Waals surface area contributed by atoms with Crippen LogP contribution in [-0.2, 0) is 4.79 Å². The van der Waals surface area contributed by atoms with Crippen LogP contribution in [0.4, 0.5) is 0 Å². The molecule has 4 nitrogen and oxygen atoms in total. The summed E-state index contributed by atoms with van der Waals surface area (Å²) in [7, 11) is 1.51. The molecule has 0 aliphatic heterocycles. The third-order valence-electron chi connectivity index (χ3n) is 3.36. The Morgan fingerprint density at radius 3 is 2.62 bits per heavy atom. The summed E-state index contributed by atoms with van der Waals surface area (Å²) >= 11 is 6.06. The Balaban J connectivity index is 2.56. The van der Waals surface area contributed by atoms with Crippen LogP contribution in [0.1, 0.15) is 24.5 Å². The highest BCUT2D eigenvalue weighted by Gasteiger charge is 2.16. The van der Waals surface area contributed by atoms with Crippen molar-refractivity contribution in [2.75, 3.05) is 13.7 Å². The zero-order valence-electron chi connectivity index (χ0n) is 13.6. The minimum absolute atomic E-state index is 0.107. The molecule has 0 spiro atoms. The molecule has 0 fully saturated rings. The van der Waals surface area contributed by atoms with E-state index in [1.54, 1.807) is 48.5 Å². The lowest BCUT2D eigenvalue weighted by Crippen LogP contribution is -2.03. The van der Waals surface area contributed by atoms with Gasteiger partial charge < -0.3 is 14.6 Å². The van der Waals surface area contributed by atoms with Gasteiger partial charge >= 0.3 is 5.97 Å². The van der Waals surface area contributed by atoms with E-state index < -0.39 is 5.97 Å². The first kappa shape index (κ1) is 17.9. The van der Waals surface area contributed by atoms with Crippen molar-refractivity contribution >= 4 is 29.2 Å². The Bertz CT molecular complexity index is 753. The van der Waals surface area contributed by atoms with Gasteiger partial charge in [-0.2, -0.15) is 0 Å². The van der Waals surface area contributed by atoms with Crippen LogP contribution in [0.25, 0.3) is 11.6 Å². The van der Waals surface area contributed by atoms with Crippen LogP contribution in [0, 0.1) is 0 Å². The number of aliphatic carboxylic acids is 1. The third-order valence-corrected chi connectivity index (χ3v) is 3.60. The lowest BCUT2D eigenvalue weighted by molar-refractivity contribution is -0.130. The molecule has 2 aromatic rings. The molecule has 0 aliphatic carbocycles. The summed E-state index contributed by atoms with van der Waals surface area (Å²) in [6.07, 6.45) is 2.40. The number of ether oxygens (including phenoxy) is 2. The number of hydrogen-bond acceptors (Lipinski definition) is 3. The quantitative estimate of drug-likeness (QED) is 0.580. The topological polar surface area (TPSA) is 55.8 Å². The van der Waals surface area contributed by atoms with Crippen molar-refractivity contribution in [2.24, 2.45) is 0 Å². The monoisotopic (exact) mass is 346 g/mol. The van der Waals surface area contributed by atoms with E-state index in [1.807, 2.05) is 6.92 Å². The Labute approximate surface area is 146 Å². The summed E-state index contributed by atoms with van der Waals surface area (Å²) in [5.41, 5.74) is 1.21. The molecule has 5 heteroatoms. The van der Waals surface area contributed by atoms with Gasteiger partial charge in [-0.3, -0.25) is 0 Å². The van der Waals surface area contributed by atoms with E-state index in [0.29, 0.717) is 34.3 Å². The molecule has 0 aliphatic rings. The van der Waals surface area contributed by atoms with Crippen molar-refractivity contribution < 1.29 is 19.4 Å². The summed E-state index contributed by atoms with van der Waals surface area (Å²) in [4.78, 5) is 11.8. The van der Waals surface area contributed by atoms with Gasteiger partial charge in [-0.1, -0.05) is 36.7 Å². The molecule has 0 aromatic heterocycles. The zero-order chi connectivity index (χ0) is 17.5. The molecule has 0 unspecified atom stereocenters. The van der Waals surface area contributed by atoms with Gasteiger partial charge in [0.15, 0.2) is 0 Å². The minimum atomic E-state index is -1.05. The fourth-order valence-electron chi connectivity index (χ4n) is 2.25. The first-order valence-electron chi connectivity index (χ1n) is 7.57. The smallest absolute Gasteiger partial charge is 0.336 e. The molecule has 0 amide bonds. The highest BCUT2D eigenvalue weighted by Crippen LogP contribution is 2.31. The van der Waals surface area contributed by atoms with Crippen molar-refractivity contribution in [2.45, 2.75) is 13.3 Å². The minimum Gasteiger partial charge on any atom is -0.496 e. The van der Waals surface area contributed by atoms with Crippen LogP contribution < -0.4 is 9.47 Å². The van der Waals surface area contributed by atoms with Gasteiger partial charge in [-0.25, -0.2) is 4.79 Å². The first-order chi connectivity index (χ1) is 11.6. The average molecular weight is 347 g/mol. The van der Waals surface area contributed by atoms with Crippen molar-refractivity contribution in [1.29, 1.82) is 0 Å². The third kappa shape index (κ3) is 4.30. The fraction of sp³-hybridized carbons (Fsp3) is 0.211. The first-order valence-corrected chi connectivity index (χ1v) is 7.95. The Morgan fingerprint density at radius 2 is 1.96 bits per heavy atom. The second kappa shape index (κ2) is 8.41. The number of methoxy groups -OCH3 is 1. The maximum Gasteiger partial charge on any atom is 0.336 e. The molecule has 0 atom stereocenters. The van der Waals surface area contributed by atoms with E-state index in [4.69, 9.17) is 21.1 Å². The second-order valence-electron chi connectivity index (χ2n) is 5.09. The van der Waals surface area contributed by atoms with Gasteiger partial charge in [0.1, 0.15) is 11.5 Å². The highest BCUT2D eigenvalue weighted by molar-refractivity contribution is 6.31. The molecule has 1 N–H and O–H groups in total. The predicted molar refractivity (Wildman–Crippen MR) is 95.7 cm³/mol. The number of rotatable bonds is 7. The fourth-order valence-corrected chi connectivity index (χ4v) is 2.43. The Kier molecular flexibility index (Phi) is 6.27. The number of benzene rings is 2. The van der Waals surface area contributed by atoms with Crippen LogP contribution >= 0.6 is 11.6 Å². The van der Waals surface area contributed by atoms with Gasteiger partial charge in [0.05, 0.1) is 19.3 Å². The van der Waals surface area contributed by atoms with Gasteiger partial charge in [0.2, 0.25) is 0 Å². The molecule has 2 aromatic carbocycles. The van der Waals surface area contributed by atoms with Gasteiger partial charge in [0.25, 0.3) is 0 Å². The summed E-state index contributed by atoms with van der Waals surface area (Å²) in [6, 6.07) is 12.1. The number of para-hydroxylation sites is 1. The second-order valence-corrected chi connectivity index (χ2v) is 5.53. The summed E-state index contributed by atoms with van der Waals surface area (Å²) in [6.45, 7) is 2.54. The summed E-state index contributed by atoms with van der Waals surface area (Å²) in [5, 5.41) is 10.2. The SMILES string of the molecule is CCCOc1ccc(Cl)cc1/C=C(\C(=O)O)c1ccccc1OC. The largest absolute Gasteiger partial charge is 0.496 e. The van der Waals surface area contributed by atoms with Crippen LogP contribution in [0.15, 0.2) is 42.5 Å². The van der Waals surface area contributed by atoms with Gasteiger partial charge in [-0.05, 0) is 36.8 Å². The molecule has 0 saturated carbocycles. The van der Waals surface area contributed by atoms with Crippen LogP contribution in [0.3, 0.4) is 0 Å². The lowest BCUT2D eigenvalue weighted by Gasteiger charge is -2.12. The van der Waals surface area contributed by atoms with Crippen molar-refractivity contribution in [3.05, 3.63) is 58.6 Å². The number of carboxylic acids is 1. The van der Waals surface area contributed by atoms with Crippen LogP contribution in [-0.4, -0.2) is 24.8 Å². The molecule has 126 valence electrons. The predicted octanol–water partition coefficient (Wildman–Crippen LogP) is 4.76. The average Bonchev–Trinajstić information content (AvgIpc) is 2.58. The van der Waals surface area contributed by atoms with Gasteiger partial charge in [-0.15, -0.1) is 0 Å². The maximum absolute atomic E-state index is 11.8. The summed E-state index contributed by atoms with van der Waals surface area (Å²) in [5.74, 6) is 0.0278. The van der Waals surface area contributed by atoms with Crippen molar-refractivity contribution in [3.63, 3.8) is 0 Å². The molecular formula is C19H19ClO4. The molecule has 0 saturated heterocycles. The maximum atomic E-state index is 11.8. The molecular weight excluding hydrogens is 328 g/mol. The molecule has 2 rings (SSSR count). The standard InChI is InChI=1S/C19H19ClO4/c1-3-10-24-17-9-8-14(20)11-13(17)12-16(19(21)22)15-6-4-5-7-18(15)23-2/h4-9,11-12H,3,10H2,1-2H3,(H,21,22)/b16-12-. The van der Waals surface area contributed by atoms with Gasteiger partial charge in [0, 0.05) is 16.1 Å². The number of halogens is 1. The van der Waals surface area contributed by atoms with Crippen molar-refractivity contribution in [1.82, 2.24) is 0 Å². The van der Waals surface area contributed by atoms with E-state index in [-0.39, 0.29) is 5.57 Å². The zero-order valence-corrected chi connectivity index (χ0v) is 14.3. The molecule has 24 heavy (non-hydrogen) atoms.